The maximum atomic E-state index is 5.96. The number of aryl methyl sites for hydroxylation is 1. The van der Waals surface area contributed by atoms with Gasteiger partial charge in [0.1, 0.15) is 19.0 Å². The molecule has 1 saturated heterocycles. The Morgan fingerprint density at radius 3 is 2.87 bits per heavy atom. The first-order valence-corrected chi connectivity index (χ1v) is 9.82. The van der Waals surface area contributed by atoms with Crippen molar-refractivity contribution in [3.8, 4) is 5.69 Å². The summed E-state index contributed by atoms with van der Waals surface area (Å²) in [6.07, 6.45) is 5.57. The van der Waals surface area contributed by atoms with Crippen molar-refractivity contribution >= 4 is 29.9 Å². The lowest BCUT2D eigenvalue weighted by atomic mass is 10.1. The van der Waals surface area contributed by atoms with E-state index >= 15 is 0 Å². The van der Waals surface area contributed by atoms with Crippen LogP contribution in [-0.2, 0) is 18.3 Å². The number of benzene rings is 1. The fourth-order valence-electron chi connectivity index (χ4n) is 3.39. The molecule has 0 radical (unpaired) electrons. The van der Waals surface area contributed by atoms with E-state index in [1.54, 1.807) is 11.0 Å². The van der Waals surface area contributed by atoms with E-state index in [-0.39, 0.29) is 30.1 Å². The molecule has 0 aliphatic carbocycles. The molecule has 9 nitrogen and oxygen atoms in total. The van der Waals surface area contributed by atoms with Crippen LogP contribution in [0.25, 0.3) is 5.69 Å². The summed E-state index contributed by atoms with van der Waals surface area (Å²) in [7, 11) is 1.92. The zero-order valence-corrected chi connectivity index (χ0v) is 19.5. The van der Waals surface area contributed by atoms with Crippen LogP contribution in [0.4, 0.5) is 0 Å². The lowest BCUT2D eigenvalue weighted by molar-refractivity contribution is -0.00805. The predicted octanol–water partition coefficient (Wildman–Crippen LogP) is 2.16. The van der Waals surface area contributed by atoms with Crippen molar-refractivity contribution in [3.05, 3.63) is 60.4 Å². The van der Waals surface area contributed by atoms with Crippen LogP contribution in [0.1, 0.15) is 24.4 Å². The summed E-state index contributed by atoms with van der Waals surface area (Å²) in [6, 6.07) is 10.0. The van der Waals surface area contributed by atoms with Crippen molar-refractivity contribution < 1.29 is 4.74 Å². The molecule has 0 bridgehead atoms. The Bertz CT molecular complexity index is 955. The van der Waals surface area contributed by atoms with E-state index in [1.807, 2.05) is 54.3 Å². The Labute approximate surface area is 193 Å². The van der Waals surface area contributed by atoms with Crippen LogP contribution in [0.3, 0.4) is 0 Å². The molecule has 160 valence electrons. The molecule has 0 amide bonds. The van der Waals surface area contributed by atoms with Gasteiger partial charge in [-0.2, -0.15) is 5.10 Å². The van der Waals surface area contributed by atoms with E-state index in [1.165, 1.54) is 0 Å². The number of ether oxygens (including phenoxy) is 1. The second-order valence-corrected chi connectivity index (χ2v) is 6.88. The Hall–Kier alpha value is -2.47. The first kappa shape index (κ1) is 22.2. The van der Waals surface area contributed by atoms with Gasteiger partial charge in [-0.05, 0) is 19.1 Å². The molecule has 1 aromatic carbocycles. The van der Waals surface area contributed by atoms with E-state index in [9.17, 15) is 0 Å². The number of aliphatic imine (C=N–C) groups is 1. The summed E-state index contributed by atoms with van der Waals surface area (Å²) in [6.45, 7) is 5.45. The van der Waals surface area contributed by atoms with Gasteiger partial charge in [-0.25, -0.2) is 4.99 Å². The minimum absolute atomic E-state index is 0. The van der Waals surface area contributed by atoms with Gasteiger partial charge < -0.3 is 15.0 Å². The number of guanidine groups is 1. The second-order valence-electron chi connectivity index (χ2n) is 6.88. The van der Waals surface area contributed by atoms with E-state index in [0.29, 0.717) is 13.2 Å². The molecule has 10 heteroatoms. The van der Waals surface area contributed by atoms with Crippen molar-refractivity contribution in [1.29, 1.82) is 0 Å². The molecule has 2 aromatic heterocycles. The summed E-state index contributed by atoms with van der Waals surface area (Å²) in [5, 5.41) is 16.0. The highest BCUT2D eigenvalue weighted by molar-refractivity contribution is 14.0. The number of rotatable bonds is 5. The van der Waals surface area contributed by atoms with E-state index in [4.69, 9.17) is 9.73 Å². The molecule has 1 aliphatic heterocycles. The third-order valence-corrected chi connectivity index (χ3v) is 4.82. The summed E-state index contributed by atoms with van der Waals surface area (Å²) in [4.78, 5) is 7.06. The molecule has 4 rings (SSSR count). The molecule has 0 spiro atoms. The van der Waals surface area contributed by atoms with Gasteiger partial charge in [0.15, 0.2) is 11.8 Å². The Balaban J connectivity index is 0.00000256. The third-order valence-electron chi connectivity index (χ3n) is 4.82. The van der Waals surface area contributed by atoms with Gasteiger partial charge in [0, 0.05) is 37.6 Å². The summed E-state index contributed by atoms with van der Waals surface area (Å²) in [5.74, 6) is 1.65. The highest BCUT2D eigenvalue weighted by atomic mass is 127. The quantitative estimate of drug-likeness (QED) is 0.314. The Morgan fingerprint density at radius 1 is 1.30 bits per heavy atom. The average Bonchev–Trinajstić information content (AvgIpc) is 3.41. The van der Waals surface area contributed by atoms with E-state index in [0.717, 1.165) is 42.7 Å². The number of nitrogens with zero attached hydrogens (tertiary/aromatic N) is 7. The summed E-state index contributed by atoms with van der Waals surface area (Å²) in [5.41, 5.74) is 2.10. The number of aromatic nitrogens is 5. The zero-order chi connectivity index (χ0) is 20.1. The van der Waals surface area contributed by atoms with Crippen LogP contribution in [0.15, 0.2) is 54.0 Å². The van der Waals surface area contributed by atoms with Crippen molar-refractivity contribution in [2.24, 2.45) is 12.0 Å². The minimum atomic E-state index is -0.0192. The second kappa shape index (κ2) is 10.5. The number of morpholine rings is 1. The van der Waals surface area contributed by atoms with Gasteiger partial charge in [0.25, 0.3) is 0 Å². The summed E-state index contributed by atoms with van der Waals surface area (Å²) < 4.78 is 9.72. The van der Waals surface area contributed by atoms with Crippen molar-refractivity contribution in [2.45, 2.75) is 19.6 Å². The van der Waals surface area contributed by atoms with Crippen LogP contribution >= 0.6 is 24.0 Å². The van der Waals surface area contributed by atoms with Crippen molar-refractivity contribution in [3.63, 3.8) is 0 Å². The maximum Gasteiger partial charge on any atom is 0.194 e. The largest absolute Gasteiger partial charge is 0.370 e. The molecule has 1 fully saturated rings. The van der Waals surface area contributed by atoms with Gasteiger partial charge in [-0.15, -0.1) is 34.2 Å². The predicted molar refractivity (Wildman–Crippen MR) is 125 cm³/mol. The molecule has 0 saturated carbocycles. The molecular formula is C20H27IN8O. The van der Waals surface area contributed by atoms with Gasteiger partial charge in [-0.1, -0.05) is 18.2 Å². The first-order chi connectivity index (χ1) is 14.2. The SMILES string of the molecule is CCNC(=NCc1nncn1-c1ccccc1)N1CCOC(c2cnn(C)c2)C1.I. The first-order valence-electron chi connectivity index (χ1n) is 9.82. The van der Waals surface area contributed by atoms with E-state index < -0.39 is 0 Å². The highest BCUT2D eigenvalue weighted by Crippen LogP contribution is 2.21. The smallest absolute Gasteiger partial charge is 0.194 e. The number of nitrogens with one attached hydrogen (secondary N) is 1. The maximum absolute atomic E-state index is 5.96. The molecule has 30 heavy (non-hydrogen) atoms. The molecule has 1 N–H and O–H groups in total. The molecule has 1 atom stereocenters. The fraction of sp³-hybridized carbons (Fsp3) is 0.400. The van der Waals surface area contributed by atoms with Crippen LogP contribution in [-0.4, -0.2) is 61.6 Å². The Kier molecular flexibility index (Phi) is 7.80. The molecule has 1 unspecified atom stereocenters. The highest BCUT2D eigenvalue weighted by Gasteiger charge is 2.25. The topological polar surface area (TPSA) is 85.4 Å². The zero-order valence-electron chi connectivity index (χ0n) is 17.2. The molecule has 1 aliphatic rings. The Morgan fingerprint density at radius 2 is 2.13 bits per heavy atom. The van der Waals surface area contributed by atoms with Crippen molar-refractivity contribution in [2.75, 3.05) is 26.2 Å². The monoisotopic (exact) mass is 522 g/mol. The fourth-order valence-corrected chi connectivity index (χ4v) is 3.39. The number of hydrogen-bond acceptors (Lipinski definition) is 5. The number of halogens is 1. The van der Waals surface area contributed by atoms with Gasteiger partial charge in [0.2, 0.25) is 0 Å². The molecular weight excluding hydrogens is 495 g/mol. The van der Waals surface area contributed by atoms with Crippen LogP contribution < -0.4 is 5.32 Å². The van der Waals surface area contributed by atoms with Crippen LogP contribution in [0.5, 0.6) is 0 Å². The minimum Gasteiger partial charge on any atom is -0.370 e. The molecule has 3 heterocycles. The summed E-state index contributed by atoms with van der Waals surface area (Å²) >= 11 is 0. The van der Waals surface area contributed by atoms with Gasteiger partial charge in [0.05, 0.1) is 19.3 Å². The third kappa shape index (κ3) is 5.17. The normalized spacial score (nSPS) is 16.9. The lowest BCUT2D eigenvalue weighted by Gasteiger charge is -2.34. The van der Waals surface area contributed by atoms with Crippen molar-refractivity contribution in [1.82, 2.24) is 34.8 Å². The average molecular weight is 522 g/mol. The lowest BCUT2D eigenvalue weighted by Crippen LogP contribution is -2.48. The number of hydrogen-bond donors (Lipinski definition) is 1. The molecule has 3 aromatic rings. The standard InChI is InChI=1S/C20H26N8O.HI/c1-3-21-20(27-9-10-29-18(14-27)16-11-24-26(2)13-16)22-12-19-25-23-15-28(19)17-7-5-4-6-8-17;/h4-8,11,13,15,18H,3,9-10,12,14H2,1-2H3,(H,21,22);1H. The number of para-hydroxylation sites is 1. The van der Waals surface area contributed by atoms with Gasteiger partial charge >= 0.3 is 0 Å². The van der Waals surface area contributed by atoms with Crippen LogP contribution in [0.2, 0.25) is 0 Å². The van der Waals surface area contributed by atoms with Crippen LogP contribution in [0, 0.1) is 0 Å². The van der Waals surface area contributed by atoms with E-state index in [2.05, 4.69) is 32.4 Å². The van der Waals surface area contributed by atoms with Gasteiger partial charge in [-0.3, -0.25) is 9.25 Å².